The van der Waals surface area contributed by atoms with Gasteiger partial charge in [-0.05, 0) is 32.4 Å². The molecule has 88 valence electrons. The van der Waals surface area contributed by atoms with Gasteiger partial charge < -0.3 is 10.6 Å². The van der Waals surface area contributed by atoms with Crippen molar-refractivity contribution >= 4 is 11.7 Å². The van der Waals surface area contributed by atoms with E-state index in [9.17, 15) is 4.79 Å². The van der Waals surface area contributed by atoms with Crippen molar-refractivity contribution in [1.29, 1.82) is 0 Å². The number of hydrogen-bond acceptors (Lipinski definition) is 3. The first-order valence-corrected chi connectivity index (χ1v) is 5.68. The molecule has 16 heavy (non-hydrogen) atoms. The number of nitrogens with one attached hydrogen (secondary N) is 2. The van der Waals surface area contributed by atoms with Crippen LogP contribution in [0.1, 0.15) is 36.3 Å². The summed E-state index contributed by atoms with van der Waals surface area (Å²) in [7, 11) is 0. The summed E-state index contributed by atoms with van der Waals surface area (Å²) in [5.74, 6) is 0.718. The molecule has 4 nitrogen and oxygen atoms in total. The number of hydrogen-bond donors (Lipinski definition) is 2. The number of aromatic nitrogens is 1. The first kappa shape index (κ1) is 12.5. The molecule has 1 heterocycles. The Hall–Kier alpha value is -1.58. The van der Waals surface area contributed by atoms with Crippen LogP contribution in [0.25, 0.3) is 0 Å². The maximum absolute atomic E-state index is 11.7. The predicted octanol–water partition coefficient (Wildman–Crippen LogP) is 1.96. The Balaban J connectivity index is 2.82. The Kier molecular flexibility index (Phi) is 4.76. The molecule has 0 aliphatic heterocycles. The predicted molar refractivity (Wildman–Crippen MR) is 65.8 cm³/mol. The van der Waals surface area contributed by atoms with Crippen LogP contribution in [0.3, 0.4) is 0 Å². The molecule has 1 aromatic heterocycles. The van der Waals surface area contributed by atoms with Crippen LogP contribution in [0.5, 0.6) is 0 Å². The van der Waals surface area contributed by atoms with Gasteiger partial charge in [0.25, 0.3) is 5.91 Å². The Labute approximate surface area is 96.5 Å². The number of anilines is 1. The molecular formula is C12H19N3O. The maximum Gasteiger partial charge on any atom is 0.251 e. The summed E-state index contributed by atoms with van der Waals surface area (Å²) in [5.41, 5.74) is 1.51. The summed E-state index contributed by atoms with van der Waals surface area (Å²) >= 11 is 0. The van der Waals surface area contributed by atoms with Gasteiger partial charge in [0.05, 0.1) is 0 Å². The van der Waals surface area contributed by atoms with Crippen LogP contribution in [0.4, 0.5) is 5.82 Å². The van der Waals surface area contributed by atoms with Crippen molar-refractivity contribution in [2.45, 2.75) is 27.2 Å². The summed E-state index contributed by atoms with van der Waals surface area (Å²) < 4.78 is 0. The molecule has 0 aromatic carbocycles. The molecule has 0 atom stereocenters. The molecule has 1 aromatic rings. The first-order chi connectivity index (χ1) is 7.67. The van der Waals surface area contributed by atoms with Crippen LogP contribution in [0.15, 0.2) is 12.1 Å². The van der Waals surface area contributed by atoms with Gasteiger partial charge in [0.1, 0.15) is 5.82 Å². The molecule has 0 saturated carbocycles. The van der Waals surface area contributed by atoms with E-state index in [2.05, 4.69) is 15.6 Å². The van der Waals surface area contributed by atoms with Crippen molar-refractivity contribution in [3.63, 3.8) is 0 Å². The zero-order valence-corrected chi connectivity index (χ0v) is 10.1. The van der Waals surface area contributed by atoms with E-state index in [0.717, 1.165) is 24.5 Å². The molecule has 0 aliphatic rings. The van der Waals surface area contributed by atoms with Gasteiger partial charge in [-0.15, -0.1) is 0 Å². The molecule has 0 aliphatic carbocycles. The smallest absolute Gasteiger partial charge is 0.251 e. The number of aryl methyl sites for hydroxylation is 1. The minimum Gasteiger partial charge on any atom is -0.370 e. The van der Waals surface area contributed by atoms with Crippen LogP contribution < -0.4 is 10.6 Å². The number of nitrogens with zero attached hydrogens (tertiary/aromatic N) is 1. The molecule has 0 bridgehead atoms. The molecule has 0 spiro atoms. The Morgan fingerprint density at radius 2 is 2.12 bits per heavy atom. The van der Waals surface area contributed by atoms with E-state index in [1.54, 1.807) is 12.1 Å². The zero-order chi connectivity index (χ0) is 12.0. The molecule has 0 unspecified atom stereocenters. The van der Waals surface area contributed by atoms with E-state index in [-0.39, 0.29) is 5.91 Å². The summed E-state index contributed by atoms with van der Waals surface area (Å²) in [6.07, 6.45) is 0.940. The second kappa shape index (κ2) is 6.10. The summed E-state index contributed by atoms with van der Waals surface area (Å²) in [5, 5.41) is 5.96. The molecular weight excluding hydrogens is 202 g/mol. The second-order valence-electron chi connectivity index (χ2n) is 3.67. The van der Waals surface area contributed by atoms with E-state index < -0.39 is 0 Å². The van der Waals surface area contributed by atoms with E-state index in [1.165, 1.54) is 0 Å². The molecule has 4 heteroatoms. The van der Waals surface area contributed by atoms with Crippen molar-refractivity contribution in [2.24, 2.45) is 0 Å². The van der Waals surface area contributed by atoms with Crippen LogP contribution in [0.2, 0.25) is 0 Å². The maximum atomic E-state index is 11.7. The standard InChI is InChI=1S/C12H19N3O/c1-4-6-14-12(16)10-7-9(3)15-11(8-10)13-5-2/h7-8H,4-6H2,1-3H3,(H,13,15)(H,14,16). The van der Waals surface area contributed by atoms with E-state index in [1.807, 2.05) is 20.8 Å². The SMILES string of the molecule is CCCNC(=O)c1cc(C)nc(NCC)c1. The van der Waals surface area contributed by atoms with Crippen molar-refractivity contribution in [3.8, 4) is 0 Å². The highest BCUT2D eigenvalue weighted by Crippen LogP contribution is 2.09. The van der Waals surface area contributed by atoms with E-state index in [0.29, 0.717) is 12.1 Å². The van der Waals surface area contributed by atoms with Gasteiger partial charge in [-0.2, -0.15) is 0 Å². The topological polar surface area (TPSA) is 54.0 Å². The lowest BCUT2D eigenvalue weighted by Crippen LogP contribution is -2.24. The van der Waals surface area contributed by atoms with Crippen LogP contribution in [-0.4, -0.2) is 24.0 Å². The van der Waals surface area contributed by atoms with Gasteiger partial charge in [-0.3, -0.25) is 4.79 Å². The molecule has 0 saturated heterocycles. The van der Waals surface area contributed by atoms with Gasteiger partial charge >= 0.3 is 0 Å². The molecule has 1 rings (SSSR count). The third-order valence-electron chi connectivity index (χ3n) is 2.11. The second-order valence-corrected chi connectivity index (χ2v) is 3.67. The van der Waals surface area contributed by atoms with Gasteiger partial charge in [0.15, 0.2) is 0 Å². The number of amides is 1. The average Bonchev–Trinajstić information content (AvgIpc) is 2.25. The normalized spacial score (nSPS) is 9.94. The van der Waals surface area contributed by atoms with Crippen molar-refractivity contribution in [3.05, 3.63) is 23.4 Å². The average molecular weight is 221 g/mol. The largest absolute Gasteiger partial charge is 0.370 e. The molecule has 0 radical (unpaired) electrons. The Morgan fingerprint density at radius 1 is 1.38 bits per heavy atom. The fourth-order valence-electron chi connectivity index (χ4n) is 1.41. The van der Waals surface area contributed by atoms with Gasteiger partial charge in [-0.25, -0.2) is 4.98 Å². The molecule has 0 fully saturated rings. The highest BCUT2D eigenvalue weighted by Gasteiger charge is 2.07. The minimum atomic E-state index is -0.0356. The summed E-state index contributed by atoms with van der Waals surface area (Å²) in [6.45, 7) is 7.42. The monoisotopic (exact) mass is 221 g/mol. The highest BCUT2D eigenvalue weighted by atomic mass is 16.1. The van der Waals surface area contributed by atoms with Gasteiger partial charge in [-0.1, -0.05) is 6.92 Å². The Morgan fingerprint density at radius 3 is 2.75 bits per heavy atom. The number of rotatable bonds is 5. The van der Waals surface area contributed by atoms with Crippen LogP contribution in [0, 0.1) is 6.92 Å². The fraction of sp³-hybridized carbons (Fsp3) is 0.500. The minimum absolute atomic E-state index is 0.0356. The zero-order valence-electron chi connectivity index (χ0n) is 10.1. The highest BCUT2D eigenvalue weighted by molar-refractivity contribution is 5.94. The number of carbonyl (C=O) groups excluding carboxylic acids is 1. The summed E-state index contributed by atoms with van der Waals surface area (Å²) in [4.78, 5) is 16.0. The van der Waals surface area contributed by atoms with Crippen molar-refractivity contribution in [2.75, 3.05) is 18.4 Å². The fourth-order valence-corrected chi connectivity index (χ4v) is 1.41. The van der Waals surface area contributed by atoms with E-state index in [4.69, 9.17) is 0 Å². The summed E-state index contributed by atoms with van der Waals surface area (Å²) in [6, 6.07) is 3.58. The van der Waals surface area contributed by atoms with Crippen molar-refractivity contribution < 1.29 is 4.79 Å². The quantitative estimate of drug-likeness (QED) is 0.799. The Bertz CT molecular complexity index is 363. The lowest BCUT2D eigenvalue weighted by molar-refractivity contribution is 0.0953. The van der Waals surface area contributed by atoms with Crippen LogP contribution >= 0.6 is 0 Å². The van der Waals surface area contributed by atoms with E-state index >= 15 is 0 Å². The van der Waals surface area contributed by atoms with Gasteiger partial charge in [0.2, 0.25) is 0 Å². The first-order valence-electron chi connectivity index (χ1n) is 5.68. The molecule has 1 amide bonds. The number of carbonyl (C=O) groups is 1. The van der Waals surface area contributed by atoms with Gasteiger partial charge in [0, 0.05) is 24.3 Å². The lowest BCUT2D eigenvalue weighted by atomic mass is 10.2. The third kappa shape index (κ3) is 3.53. The number of pyridine rings is 1. The third-order valence-corrected chi connectivity index (χ3v) is 2.11. The van der Waals surface area contributed by atoms with Crippen molar-refractivity contribution in [1.82, 2.24) is 10.3 Å². The molecule has 2 N–H and O–H groups in total. The lowest BCUT2D eigenvalue weighted by Gasteiger charge is -2.08. The van der Waals surface area contributed by atoms with Crippen LogP contribution in [-0.2, 0) is 0 Å².